The van der Waals surface area contributed by atoms with Crippen LogP contribution in [0.1, 0.15) is 56.0 Å². The van der Waals surface area contributed by atoms with E-state index in [1.807, 2.05) is 13.8 Å². The Hall–Kier alpha value is -1.36. The van der Waals surface area contributed by atoms with E-state index in [4.69, 9.17) is 4.52 Å². The minimum atomic E-state index is -0.717. The molecule has 21 heavy (non-hydrogen) atoms. The van der Waals surface area contributed by atoms with E-state index in [9.17, 15) is 9.90 Å². The normalized spacial score (nSPS) is 25.8. The Morgan fingerprint density at radius 2 is 2.10 bits per heavy atom. The average molecular weight is 294 g/mol. The van der Waals surface area contributed by atoms with Crippen LogP contribution in [0.2, 0.25) is 0 Å². The van der Waals surface area contributed by atoms with E-state index in [2.05, 4.69) is 17.4 Å². The minimum Gasteiger partial charge on any atom is -0.388 e. The maximum absolute atomic E-state index is 11.9. The molecule has 0 saturated heterocycles. The van der Waals surface area contributed by atoms with Crippen molar-refractivity contribution in [3.8, 4) is 0 Å². The van der Waals surface area contributed by atoms with Gasteiger partial charge in [0.05, 0.1) is 11.3 Å². The third-order valence-electron chi connectivity index (χ3n) is 4.60. The molecule has 1 aromatic heterocycles. The molecule has 0 aromatic carbocycles. The Balaban J connectivity index is 1.75. The number of amides is 1. The molecule has 5 heteroatoms. The van der Waals surface area contributed by atoms with Crippen LogP contribution < -0.4 is 5.32 Å². The molecular formula is C16H26N2O3. The molecule has 1 heterocycles. The van der Waals surface area contributed by atoms with Crippen LogP contribution in [0.4, 0.5) is 0 Å². The second-order valence-corrected chi connectivity index (χ2v) is 6.49. The summed E-state index contributed by atoms with van der Waals surface area (Å²) in [5, 5.41) is 17.2. The first-order chi connectivity index (χ1) is 9.89. The molecule has 118 valence electrons. The number of nitrogens with one attached hydrogen (secondary N) is 1. The van der Waals surface area contributed by atoms with E-state index in [1.54, 1.807) is 0 Å². The number of hydrogen-bond acceptors (Lipinski definition) is 4. The molecule has 0 bridgehead atoms. The molecule has 5 nitrogen and oxygen atoms in total. The number of carbonyl (C=O) groups is 1. The number of rotatable bonds is 5. The molecule has 0 aliphatic heterocycles. The van der Waals surface area contributed by atoms with Crippen molar-refractivity contribution in [2.24, 2.45) is 5.92 Å². The highest BCUT2D eigenvalue weighted by atomic mass is 16.5. The van der Waals surface area contributed by atoms with E-state index >= 15 is 0 Å². The second kappa shape index (κ2) is 6.60. The quantitative estimate of drug-likeness (QED) is 0.873. The molecule has 1 saturated carbocycles. The molecule has 1 fully saturated rings. The van der Waals surface area contributed by atoms with Gasteiger partial charge in [0, 0.05) is 18.5 Å². The molecule has 2 rings (SSSR count). The van der Waals surface area contributed by atoms with E-state index in [1.165, 1.54) is 0 Å². The van der Waals surface area contributed by atoms with Gasteiger partial charge in [-0.2, -0.15) is 0 Å². The van der Waals surface area contributed by atoms with Gasteiger partial charge in [-0.15, -0.1) is 0 Å². The summed E-state index contributed by atoms with van der Waals surface area (Å²) in [7, 11) is 0. The third kappa shape index (κ3) is 4.30. The highest BCUT2D eigenvalue weighted by Gasteiger charge is 2.31. The topological polar surface area (TPSA) is 75.4 Å². The van der Waals surface area contributed by atoms with Crippen LogP contribution in [0.5, 0.6) is 0 Å². The van der Waals surface area contributed by atoms with Crippen molar-refractivity contribution in [3.63, 3.8) is 0 Å². The number of aryl methyl sites for hydroxylation is 2. The first-order valence-corrected chi connectivity index (χ1v) is 7.80. The Bertz CT molecular complexity index is 468. The zero-order valence-electron chi connectivity index (χ0n) is 13.2. The van der Waals surface area contributed by atoms with Gasteiger partial charge < -0.3 is 14.9 Å². The van der Waals surface area contributed by atoms with Gasteiger partial charge >= 0.3 is 0 Å². The predicted molar refractivity (Wildman–Crippen MR) is 79.9 cm³/mol. The van der Waals surface area contributed by atoms with E-state index < -0.39 is 5.60 Å². The largest absolute Gasteiger partial charge is 0.388 e. The number of aliphatic hydroxyl groups is 1. The lowest BCUT2D eigenvalue weighted by Gasteiger charge is -2.34. The monoisotopic (exact) mass is 294 g/mol. The number of hydrogen-bond donors (Lipinski definition) is 2. The lowest BCUT2D eigenvalue weighted by atomic mass is 9.79. The van der Waals surface area contributed by atoms with Gasteiger partial charge in [0.2, 0.25) is 5.91 Å². The molecule has 1 aliphatic carbocycles. The first-order valence-electron chi connectivity index (χ1n) is 7.80. The standard InChI is InChI=1S/C16H26N2O3/c1-11-6-8-16(20,9-7-11)10-17-15(19)5-4-14-12(2)18-21-13(14)3/h11,20H,4-10H2,1-3H3,(H,17,19). The van der Waals surface area contributed by atoms with Crippen LogP contribution in [-0.4, -0.2) is 28.3 Å². The van der Waals surface area contributed by atoms with Gasteiger partial charge in [0.15, 0.2) is 0 Å². The molecule has 0 atom stereocenters. The van der Waals surface area contributed by atoms with Crippen LogP contribution in [-0.2, 0) is 11.2 Å². The molecule has 0 radical (unpaired) electrons. The summed E-state index contributed by atoms with van der Waals surface area (Å²) >= 11 is 0. The summed E-state index contributed by atoms with van der Waals surface area (Å²) in [5.74, 6) is 1.43. The van der Waals surface area contributed by atoms with E-state index in [0.717, 1.165) is 42.7 Å². The molecule has 2 N–H and O–H groups in total. The van der Waals surface area contributed by atoms with Crippen molar-refractivity contribution < 1.29 is 14.4 Å². The number of carbonyl (C=O) groups excluding carboxylic acids is 1. The fraction of sp³-hybridized carbons (Fsp3) is 0.750. The first kappa shape index (κ1) is 16.0. The van der Waals surface area contributed by atoms with Gasteiger partial charge in [-0.25, -0.2) is 0 Å². The van der Waals surface area contributed by atoms with Gasteiger partial charge in [-0.3, -0.25) is 4.79 Å². The lowest BCUT2D eigenvalue weighted by molar-refractivity contribution is -0.122. The van der Waals surface area contributed by atoms with Crippen molar-refractivity contribution in [3.05, 3.63) is 17.0 Å². The van der Waals surface area contributed by atoms with Crippen LogP contribution in [0, 0.1) is 19.8 Å². The summed E-state index contributed by atoms with van der Waals surface area (Å²) in [5.41, 5.74) is 1.14. The van der Waals surface area contributed by atoms with E-state index in [-0.39, 0.29) is 5.91 Å². The van der Waals surface area contributed by atoms with Crippen molar-refractivity contribution in [1.82, 2.24) is 10.5 Å². The molecule has 0 unspecified atom stereocenters. The van der Waals surface area contributed by atoms with Crippen molar-refractivity contribution >= 4 is 5.91 Å². The summed E-state index contributed by atoms with van der Waals surface area (Å²) in [4.78, 5) is 11.9. The van der Waals surface area contributed by atoms with Crippen LogP contribution >= 0.6 is 0 Å². The molecule has 1 aromatic rings. The maximum Gasteiger partial charge on any atom is 0.220 e. The number of aromatic nitrogens is 1. The Morgan fingerprint density at radius 3 is 2.67 bits per heavy atom. The smallest absolute Gasteiger partial charge is 0.220 e. The molecule has 1 aliphatic rings. The molecule has 1 amide bonds. The molecule has 0 spiro atoms. The Labute approximate surface area is 126 Å². The minimum absolute atomic E-state index is 0.0259. The van der Waals surface area contributed by atoms with Crippen molar-refractivity contribution in [1.29, 1.82) is 0 Å². The second-order valence-electron chi connectivity index (χ2n) is 6.49. The number of nitrogens with zero attached hydrogens (tertiary/aromatic N) is 1. The van der Waals surface area contributed by atoms with Crippen molar-refractivity contribution in [2.75, 3.05) is 6.54 Å². The van der Waals surface area contributed by atoms with Crippen LogP contribution in [0.3, 0.4) is 0 Å². The summed E-state index contributed by atoms with van der Waals surface area (Å²) in [6.07, 6.45) is 4.64. The highest BCUT2D eigenvalue weighted by molar-refractivity contribution is 5.76. The third-order valence-corrected chi connectivity index (χ3v) is 4.60. The van der Waals surface area contributed by atoms with Gasteiger partial charge in [-0.05, 0) is 51.9 Å². The zero-order valence-corrected chi connectivity index (χ0v) is 13.2. The van der Waals surface area contributed by atoms with E-state index in [0.29, 0.717) is 25.3 Å². The summed E-state index contributed by atoms with van der Waals surface area (Å²) in [6, 6.07) is 0. The zero-order chi connectivity index (χ0) is 15.5. The lowest BCUT2D eigenvalue weighted by Crippen LogP contribution is -2.45. The Morgan fingerprint density at radius 1 is 1.43 bits per heavy atom. The predicted octanol–water partition coefficient (Wildman–Crippen LogP) is 2.28. The van der Waals surface area contributed by atoms with Gasteiger partial charge in [0.1, 0.15) is 5.76 Å². The van der Waals surface area contributed by atoms with Gasteiger partial charge in [0.25, 0.3) is 0 Å². The highest BCUT2D eigenvalue weighted by Crippen LogP contribution is 2.31. The summed E-state index contributed by atoms with van der Waals surface area (Å²) < 4.78 is 5.09. The fourth-order valence-electron chi connectivity index (χ4n) is 2.93. The van der Waals surface area contributed by atoms with Crippen LogP contribution in [0.25, 0.3) is 0 Å². The fourth-order valence-corrected chi connectivity index (χ4v) is 2.93. The average Bonchev–Trinajstić information content (AvgIpc) is 2.77. The van der Waals surface area contributed by atoms with Gasteiger partial charge in [-0.1, -0.05) is 12.1 Å². The SMILES string of the molecule is Cc1noc(C)c1CCC(=O)NCC1(O)CCC(C)CC1. The summed E-state index contributed by atoms with van der Waals surface area (Å²) in [6.45, 7) is 6.32. The Kier molecular flexibility index (Phi) is 5.04. The molecular weight excluding hydrogens is 268 g/mol. The maximum atomic E-state index is 11.9. The van der Waals surface area contributed by atoms with Crippen molar-refractivity contribution in [2.45, 2.75) is 64.9 Å². The van der Waals surface area contributed by atoms with Crippen LogP contribution in [0.15, 0.2) is 4.52 Å².